The SMILES string of the molecule is Cc1noc(-c2sccc2Br)n1. The van der Waals surface area contributed by atoms with Crippen LogP contribution in [0.4, 0.5) is 0 Å². The highest BCUT2D eigenvalue weighted by Crippen LogP contribution is 2.31. The monoisotopic (exact) mass is 244 g/mol. The number of aromatic nitrogens is 2. The standard InChI is InChI=1S/C7H5BrN2OS/c1-4-9-7(11-10-4)6-5(8)2-3-12-6/h2-3H,1H3. The molecule has 2 aromatic rings. The fourth-order valence-corrected chi connectivity index (χ4v) is 2.30. The Kier molecular flexibility index (Phi) is 1.98. The van der Waals surface area contributed by atoms with E-state index in [-0.39, 0.29) is 0 Å². The molecule has 2 rings (SSSR count). The van der Waals surface area contributed by atoms with Gasteiger partial charge in [0, 0.05) is 4.47 Å². The Morgan fingerprint density at radius 2 is 2.42 bits per heavy atom. The maximum atomic E-state index is 5.01. The van der Waals surface area contributed by atoms with Gasteiger partial charge in [-0.15, -0.1) is 11.3 Å². The van der Waals surface area contributed by atoms with Crippen LogP contribution in [0.2, 0.25) is 0 Å². The molecule has 0 saturated heterocycles. The number of hydrogen-bond acceptors (Lipinski definition) is 4. The molecule has 0 bridgehead atoms. The van der Waals surface area contributed by atoms with Gasteiger partial charge in [-0.25, -0.2) is 0 Å². The molecule has 0 N–H and O–H groups in total. The van der Waals surface area contributed by atoms with Gasteiger partial charge in [0.2, 0.25) is 0 Å². The van der Waals surface area contributed by atoms with Crippen LogP contribution >= 0.6 is 27.3 Å². The lowest BCUT2D eigenvalue weighted by Gasteiger charge is -1.86. The first-order valence-corrected chi connectivity index (χ1v) is 4.98. The molecule has 0 amide bonds. The Labute approximate surface area is 81.5 Å². The van der Waals surface area contributed by atoms with E-state index in [1.807, 2.05) is 11.4 Å². The summed E-state index contributed by atoms with van der Waals surface area (Å²) in [6.45, 7) is 1.80. The molecule has 0 radical (unpaired) electrons. The third kappa shape index (κ3) is 1.30. The summed E-state index contributed by atoms with van der Waals surface area (Å²) in [6.07, 6.45) is 0. The minimum Gasteiger partial charge on any atom is -0.333 e. The van der Waals surface area contributed by atoms with Crippen molar-refractivity contribution in [2.75, 3.05) is 0 Å². The zero-order chi connectivity index (χ0) is 8.55. The van der Waals surface area contributed by atoms with E-state index >= 15 is 0 Å². The molecule has 0 spiro atoms. The number of nitrogens with zero attached hydrogens (tertiary/aromatic N) is 2. The maximum Gasteiger partial charge on any atom is 0.269 e. The average molecular weight is 245 g/mol. The van der Waals surface area contributed by atoms with Crippen LogP contribution in [-0.2, 0) is 0 Å². The van der Waals surface area contributed by atoms with E-state index in [9.17, 15) is 0 Å². The van der Waals surface area contributed by atoms with Crippen LogP contribution in [0, 0.1) is 6.92 Å². The highest BCUT2D eigenvalue weighted by atomic mass is 79.9. The second kappa shape index (κ2) is 2.99. The predicted octanol–water partition coefficient (Wildman–Crippen LogP) is 2.87. The highest BCUT2D eigenvalue weighted by Gasteiger charge is 2.10. The van der Waals surface area contributed by atoms with E-state index in [0.717, 1.165) is 9.35 Å². The van der Waals surface area contributed by atoms with E-state index in [4.69, 9.17) is 4.52 Å². The molecule has 0 unspecified atom stereocenters. The molecule has 3 nitrogen and oxygen atoms in total. The third-order valence-corrected chi connectivity index (χ3v) is 3.16. The average Bonchev–Trinajstić information content (AvgIpc) is 2.58. The third-order valence-electron chi connectivity index (χ3n) is 1.34. The molecule has 0 aromatic carbocycles. The summed E-state index contributed by atoms with van der Waals surface area (Å²) in [6, 6.07) is 1.96. The maximum absolute atomic E-state index is 5.01. The van der Waals surface area contributed by atoms with Crippen LogP contribution in [0.1, 0.15) is 5.82 Å². The van der Waals surface area contributed by atoms with E-state index < -0.39 is 0 Å². The first-order chi connectivity index (χ1) is 5.77. The van der Waals surface area contributed by atoms with E-state index in [1.54, 1.807) is 18.3 Å². The fraction of sp³-hybridized carbons (Fsp3) is 0.143. The molecule has 0 atom stereocenters. The lowest BCUT2D eigenvalue weighted by Crippen LogP contribution is -1.73. The summed E-state index contributed by atoms with van der Waals surface area (Å²) >= 11 is 4.97. The van der Waals surface area contributed by atoms with Crippen molar-refractivity contribution in [3.63, 3.8) is 0 Å². The summed E-state index contributed by atoms with van der Waals surface area (Å²) in [5, 5.41) is 5.68. The van der Waals surface area contributed by atoms with E-state index in [2.05, 4.69) is 26.1 Å². The summed E-state index contributed by atoms with van der Waals surface area (Å²) < 4.78 is 6.01. The van der Waals surface area contributed by atoms with Crippen molar-refractivity contribution < 1.29 is 4.52 Å². The van der Waals surface area contributed by atoms with Gasteiger partial charge in [0.25, 0.3) is 5.89 Å². The molecule has 0 fully saturated rings. The Morgan fingerprint density at radius 1 is 1.58 bits per heavy atom. The fourth-order valence-electron chi connectivity index (χ4n) is 0.836. The van der Waals surface area contributed by atoms with Gasteiger partial charge < -0.3 is 4.52 Å². The van der Waals surface area contributed by atoms with E-state index in [1.165, 1.54) is 0 Å². The second-order valence-corrected chi connectivity index (χ2v) is 4.01. The topological polar surface area (TPSA) is 38.9 Å². The van der Waals surface area contributed by atoms with Gasteiger partial charge in [-0.05, 0) is 34.3 Å². The number of rotatable bonds is 1. The number of aryl methyl sites for hydroxylation is 1. The lowest BCUT2D eigenvalue weighted by atomic mass is 10.5. The smallest absolute Gasteiger partial charge is 0.269 e. The van der Waals surface area contributed by atoms with Crippen LogP contribution in [0.15, 0.2) is 20.4 Å². The van der Waals surface area contributed by atoms with Gasteiger partial charge >= 0.3 is 0 Å². The first kappa shape index (κ1) is 7.94. The molecule has 0 aliphatic rings. The van der Waals surface area contributed by atoms with E-state index in [0.29, 0.717) is 11.7 Å². The van der Waals surface area contributed by atoms with Crippen molar-refractivity contribution in [2.24, 2.45) is 0 Å². The number of thiophene rings is 1. The number of halogens is 1. The molecule has 2 aromatic heterocycles. The highest BCUT2D eigenvalue weighted by molar-refractivity contribution is 9.10. The molecule has 12 heavy (non-hydrogen) atoms. The molecule has 0 aliphatic heterocycles. The van der Waals surface area contributed by atoms with Gasteiger partial charge in [0.1, 0.15) is 4.88 Å². The van der Waals surface area contributed by atoms with Crippen molar-refractivity contribution in [1.29, 1.82) is 0 Å². The summed E-state index contributed by atoms with van der Waals surface area (Å²) in [5.41, 5.74) is 0. The Morgan fingerprint density at radius 3 is 2.92 bits per heavy atom. The molecule has 0 aliphatic carbocycles. The van der Waals surface area contributed by atoms with Crippen LogP contribution in [0.25, 0.3) is 10.8 Å². The van der Waals surface area contributed by atoms with Gasteiger partial charge in [0.05, 0.1) is 0 Å². The largest absolute Gasteiger partial charge is 0.333 e. The van der Waals surface area contributed by atoms with Crippen LogP contribution in [-0.4, -0.2) is 10.1 Å². The lowest BCUT2D eigenvalue weighted by molar-refractivity contribution is 0.426. The van der Waals surface area contributed by atoms with Crippen LogP contribution in [0.5, 0.6) is 0 Å². The Hall–Kier alpha value is -0.680. The van der Waals surface area contributed by atoms with Crippen LogP contribution in [0.3, 0.4) is 0 Å². The summed E-state index contributed by atoms with van der Waals surface area (Å²) in [5.74, 6) is 1.24. The Bertz CT molecular complexity index is 396. The van der Waals surface area contributed by atoms with Gasteiger partial charge in [-0.3, -0.25) is 0 Å². The normalized spacial score (nSPS) is 10.5. The number of hydrogen-bond donors (Lipinski definition) is 0. The minimum atomic E-state index is 0.578. The van der Waals surface area contributed by atoms with Crippen molar-refractivity contribution in [1.82, 2.24) is 10.1 Å². The van der Waals surface area contributed by atoms with Crippen molar-refractivity contribution in [3.05, 3.63) is 21.7 Å². The molecule has 2 heterocycles. The molecule has 5 heteroatoms. The molecular formula is C7H5BrN2OS. The molecule has 0 saturated carbocycles. The summed E-state index contributed by atoms with van der Waals surface area (Å²) in [4.78, 5) is 5.10. The summed E-state index contributed by atoms with van der Waals surface area (Å²) in [7, 11) is 0. The second-order valence-electron chi connectivity index (χ2n) is 2.24. The van der Waals surface area contributed by atoms with Gasteiger partial charge in [-0.2, -0.15) is 4.98 Å². The van der Waals surface area contributed by atoms with Crippen molar-refractivity contribution in [2.45, 2.75) is 6.92 Å². The minimum absolute atomic E-state index is 0.578. The van der Waals surface area contributed by atoms with Gasteiger partial charge in [-0.1, -0.05) is 5.16 Å². The van der Waals surface area contributed by atoms with Crippen LogP contribution < -0.4 is 0 Å². The first-order valence-electron chi connectivity index (χ1n) is 3.31. The molecule has 62 valence electrons. The van der Waals surface area contributed by atoms with Crippen molar-refractivity contribution in [3.8, 4) is 10.8 Å². The predicted molar refractivity (Wildman–Crippen MR) is 50.0 cm³/mol. The van der Waals surface area contributed by atoms with Gasteiger partial charge in [0.15, 0.2) is 5.82 Å². The van der Waals surface area contributed by atoms with Crippen molar-refractivity contribution >= 4 is 27.3 Å². The quantitative estimate of drug-likeness (QED) is 0.775. The zero-order valence-electron chi connectivity index (χ0n) is 6.24. The Balaban J connectivity index is 2.50. The molecular weight excluding hydrogens is 240 g/mol. The zero-order valence-corrected chi connectivity index (χ0v) is 8.65.